The van der Waals surface area contributed by atoms with Gasteiger partial charge >= 0.3 is 0 Å². The van der Waals surface area contributed by atoms with E-state index >= 15 is 0 Å². The lowest BCUT2D eigenvalue weighted by molar-refractivity contribution is -0.192. The fourth-order valence-corrected chi connectivity index (χ4v) is 1.64. The Hall–Kier alpha value is -0.160. The number of hydrogen-bond donors (Lipinski definition) is 1. The molecule has 0 amide bonds. The molecule has 0 aromatic rings. The summed E-state index contributed by atoms with van der Waals surface area (Å²) >= 11 is 0. The summed E-state index contributed by atoms with van der Waals surface area (Å²) in [5, 5.41) is 3.38. The molecular formula is C10H21NO3. The molecule has 1 rings (SSSR count). The Balaban J connectivity index is 2.34. The molecule has 3 unspecified atom stereocenters. The van der Waals surface area contributed by atoms with Gasteiger partial charge < -0.3 is 19.5 Å². The maximum atomic E-state index is 5.52. The van der Waals surface area contributed by atoms with E-state index in [0.29, 0.717) is 12.0 Å². The first-order valence-electron chi connectivity index (χ1n) is 5.11. The summed E-state index contributed by atoms with van der Waals surface area (Å²) in [6, 6.07) is 0.495. The quantitative estimate of drug-likeness (QED) is 0.722. The van der Waals surface area contributed by atoms with Gasteiger partial charge in [-0.15, -0.1) is 0 Å². The highest BCUT2D eigenvalue weighted by Crippen LogP contribution is 2.26. The molecule has 3 atom stereocenters. The van der Waals surface area contributed by atoms with Gasteiger partial charge in [-0.25, -0.2) is 0 Å². The monoisotopic (exact) mass is 203 g/mol. The summed E-state index contributed by atoms with van der Waals surface area (Å²) in [7, 11) is 3.33. The molecule has 1 heterocycles. The fourth-order valence-electron chi connectivity index (χ4n) is 1.64. The fraction of sp³-hybridized carbons (Fsp3) is 1.00. The predicted octanol–water partition coefficient (Wildman–Crippen LogP) is 0.966. The molecule has 1 saturated heterocycles. The molecule has 4 nitrogen and oxygen atoms in total. The predicted molar refractivity (Wildman–Crippen MR) is 53.9 cm³/mol. The van der Waals surface area contributed by atoms with Crippen LogP contribution in [0, 0.1) is 5.92 Å². The van der Waals surface area contributed by atoms with Gasteiger partial charge in [-0.3, -0.25) is 0 Å². The Morgan fingerprint density at radius 2 is 2.07 bits per heavy atom. The minimum absolute atomic E-state index is 0.112. The van der Waals surface area contributed by atoms with Gasteiger partial charge in [0.25, 0.3) is 0 Å². The van der Waals surface area contributed by atoms with Crippen molar-refractivity contribution in [2.75, 3.05) is 20.8 Å². The van der Waals surface area contributed by atoms with Crippen LogP contribution in [0.5, 0.6) is 0 Å². The first-order valence-corrected chi connectivity index (χ1v) is 5.11. The average molecular weight is 203 g/mol. The van der Waals surface area contributed by atoms with Crippen molar-refractivity contribution in [2.24, 2.45) is 5.92 Å². The van der Waals surface area contributed by atoms with Crippen molar-refractivity contribution in [1.29, 1.82) is 0 Å². The molecular weight excluding hydrogens is 182 g/mol. The molecule has 1 aliphatic heterocycles. The lowest BCUT2D eigenvalue weighted by atomic mass is 10.1. The van der Waals surface area contributed by atoms with E-state index in [1.165, 1.54) is 0 Å². The first-order chi connectivity index (χ1) is 6.67. The third-order valence-corrected chi connectivity index (χ3v) is 2.45. The zero-order valence-electron chi connectivity index (χ0n) is 9.45. The van der Waals surface area contributed by atoms with E-state index < -0.39 is 0 Å². The van der Waals surface area contributed by atoms with Crippen LogP contribution >= 0.6 is 0 Å². The Morgan fingerprint density at radius 1 is 1.36 bits per heavy atom. The lowest BCUT2D eigenvalue weighted by Gasteiger charge is -2.18. The first kappa shape index (κ1) is 11.9. The van der Waals surface area contributed by atoms with Gasteiger partial charge in [0.05, 0.1) is 0 Å². The molecule has 0 spiro atoms. The molecule has 0 aliphatic carbocycles. The Bertz CT molecular complexity index is 163. The molecule has 1 N–H and O–H groups in total. The molecule has 0 aromatic heterocycles. The minimum Gasteiger partial charge on any atom is -0.356 e. The van der Waals surface area contributed by atoms with Crippen LogP contribution in [0.3, 0.4) is 0 Å². The Morgan fingerprint density at radius 3 is 2.57 bits per heavy atom. The largest absolute Gasteiger partial charge is 0.356 e. The molecule has 14 heavy (non-hydrogen) atoms. The van der Waals surface area contributed by atoms with Crippen LogP contribution in [0.15, 0.2) is 0 Å². The lowest BCUT2D eigenvalue weighted by Crippen LogP contribution is -2.33. The van der Waals surface area contributed by atoms with Crippen molar-refractivity contribution in [2.45, 2.75) is 38.9 Å². The summed E-state index contributed by atoms with van der Waals surface area (Å²) in [6.07, 6.45) is 0.652. The minimum atomic E-state index is -0.133. The molecule has 0 bridgehead atoms. The van der Waals surface area contributed by atoms with Crippen molar-refractivity contribution >= 4 is 0 Å². The summed E-state index contributed by atoms with van der Waals surface area (Å²) in [6.45, 7) is 5.17. The van der Waals surface area contributed by atoms with Crippen LogP contribution in [-0.4, -0.2) is 39.4 Å². The zero-order valence-corrected chi connectivity index (χ0v) is 9.45. The second kappa shape index (κ2) is 5.66. The van der Waals surface area contributed by atoms with Crippen molar-refractivity contribution in [1.82, 2.24) is 5.32 Å². The second-order valence-corrected chi connectivity index (χ2v) is 3.96. The van der Waals surface area contributed by atoms with Crippen LogP contribution in [0.25, 0.3) is 0 Å². The SMILES string of the molecule is COC1CC(CNC(C)C)C(OC)O1. The highest BCUT2D eigenvalue weighted by Gasteiger charge is 2.35. The zero-order chi connectivity index (χ0) is 10.6. The van der Waals surface area contributed by atoms with E-state index in [9.17, 15) is 0 Å². The van der Waals surface area contributed by atoms with Crippen LogP contribution in [0.2, 0.25) is 0 Å². The molecule has 0 radical (unpaired) electrons. The third kappa shape index (κ3) is 3.20. The highest BCUT2D eigenvalue weighted by molar-refractivity contribution is 4.75. The number of nitrogens with one attached hydrogen (secondary N) is 1. The van der Waals surface area contributed by atoms with E-state index in [2.05, 4.69) is 19.2 Å². The van der Waals surface area contributed by atoms with Gasteiger partial charge in [-0.2, -0.15) is 0 Å². The van der Waals surface area contributed by atoms with Crippen LogP contribution in [-0.2, 0) is 14.2 Å². The number of rotatable bonds is 5. The van der Waals surface area contributed by atoms with Crippen molar-refractivity contribution in [3.05, 3.63) is 0 Å². The van der Waals surface area contributed by atoms with E-state index in [1.807, 2.05) is 0 Å². The molecule has 84 valence electrons. The van der Waals surface area contributed by atoms with E-state index in [0.717, 1.165) is 13.0 Å². The van der Waals surface area contributed by atoms with Gasteiger partial charge in [0.15, 0.2) is 12.6 Å². The third-order valence-electron chi connectivity index (χ3n) is 2.45. The Labute approximate surface area is 85.9 Å². The van der Waals surface area contributed by atoms with Gasteiger partial charge in [0.2, 0.25) is 0 Å². The normalized spacial score (nSPS) is 32.8. The number of ether oxygens (including phenoxy) is 3. The highest BCUT2D eigenvalue weighted by atomic mass is 16.8. The smallest absolute Gasteiger partial charge is 0.164 e. The summed E-state index contributed by atoms with van der Waals surface area (Å²) in [5.41, 5.74) is 0. The van der Waals surface area contributed by atoms with Gasteiger partial charge in [0.1, 0.15) is 0 Å². The number of hydrogen-bond acceptors (Lipinski definition) is 4. The number of methoxy groups -OCH3 is 2. The van der Waals surface area contributed by atoms with Gasteiger partial charge in [-0.05, 0) is 0 Å². The van der Waals surface area contributed by atoms with E-state index in [-0.39, 0.29) is 12.6 Å². The second-order valence-electron chi connectivity index (χ2n) is 3.96. The van der Waals surface area contributed by atoms with E-state index in [4.69, 9.17) is 14.2 Å². The van der Waals surface area contributed by atoms with E-state index in [1.54, 1.807) is 14.2 Å². The maximum Gasteiger partial charge on any atom is 0.164 e. The van der Waals surface area contributed by atoms with Crippen molar-refractivity contribution < 1.29 is 14.2 Å². The van der Waals surface area contributed by atoms with Gasteiger partial charge in [-0.1, -0.05) is 13.8 Å². The van der Waals surface area contributed by atoms with Crippen molar-refractivity contribution in [3.8, 4) is 0 Å². The molecule has 0 saturated carbocycles. The standard InChI is InChI=1S/C10H21NO3/c1-7(2)11-6-8-5-9(12-3)14-10(8)13-4/h7-11H,5-6H2,1-4H3. The maximum absolute atomic E-state index is 5.52. The Kier molecular flexibility index (Phi) is 4.81. The molecule has 1 fully saturated rings. The summed E-state index contributed by atoms with van der Waals surface area (Å²) in [4.78, 5) is 0. The topological polar surface area (TPSA) is 39.7 Å². The summed E-state index contributed by atoms with van der Waals surface area (Å²) in [5.74, 6) is 0.382. The average Bonchev–Trinajstić information content (AvgIpc) is 2.57. The molecule has 4 heteroatoms. The van der Waals surface area contributed by atoms with Crippen LogP contribution in [0.4, 0.5) is 0 Å². The van der Waals surface area contributed by atoms with Crippen molar-refractivity contribution in [3.63, 3.8) is 0 Å². The van der Waals surface area contributed by atoms with Crippen LogP contribution < -0.4 is 5.32 Å². The van der Waals surface area contributed by atoms with Crippen LogP contribution in [0.1, 0.15) is 20.3 Å². The molecule has 0 aromatic carbocycles. The molecule has 1 aliphatic rings. The van der Waals surface area contributed by atoms with Gasteiger partial charge in [0, 0.05) is 39.1 Å². The summed E-state index contributed by atoms with van der Waals surface area (Å²) < 4.78 is 15.9.